The molecule has 0 spiro atoms. The molecule has 0 unspecified atom stereocenters. The zero-order valence-corrected chi connectivity index (χ0v) is 13.9. The molecule has 0 saturated heterocycles. The van der Waals surface area contributed by atoms with Crippen molar-refractivity contribution >= 4 is 34.5 Å². The van der Waals surface area contributed by atoms with Crippen LogP contribution in [0.15, 0.2) is 18.2 Å². The fraction of sp³-hybridized carbons (Fsp3) is 0.429. The lowest BCUT2D eigenvalue weighted by Gasteiger charge is -2.22. The maximum absolute atomic E-state index is 13.0. The number of ether oxygens (including phenoxy) is 1. The molecule has 4 nitrogen and oxygen atoms in total. The molecular formula is C14H17FINO3. The van der Waals surface area contributed by atoms with Gasteiger partial charge in [0, 0.05) is 3.57 Å². The van der Waals surface area contributed by atoms with Gasteiger partial charge in [0.25, 0.3) is 5.91 Å². The Morgan fingerprint density at radius 3 is 2.45 bits per heavy atom. The summed E-state index contributed by atoms with van der Waals surface area (Å²) in [5.41, 5.74) is -0.289. The van der Waals surface area contributed by atoms with E-state index in [0.29, 0.717) is 9.13 Å². The molecule has 0 aliphatic carbocycles. The molecule has 1 aromatic carbocycles. The highest BCUT2D eigenvalue weighted by Gasteiger charge is 2.23. The first-order valence-corrected chi connectivity index (χ1v) is 7.17. The predicted octanol–water partition coefficient (Wildman–Crippen LogP) is 2.89. The van der Waals surface area contributed by atoms with Gasteiger partial charge in [0.2, 0.25) is 0 Å². The van der Waals surface area contributed by atoms with E-state index in [-0.39, 0.29) is 0 Å². The van der Waals surface area contributed by atoms with Crippen LogP contribution in [0.25, 0.3) is 0 Å². The van der Waals surface area contributed by atoms with Crippen molar-refractivity contribution in [2.45, 2.75) is 39.3 Å². The molecule has 1 aromatic rings. The zero-order chi connectivity index (χ0) is 15.5. The number of halogens is 2. The third kappa shape index (κ3) is 5.07. The van der Waals surface area contributed by atoms with Crippen LogP contribution < -0.4 is 5.32 Å². The minimum atomic E-state index is -0.775. The van der Waals surface area contributed by atoms with Gasteiger partial charge in [-0.3, -0.25) is 4.79 Å². The molecule has 1 rings (SSSR count). The molecule has 6 heteroatoms. The number of carbonyl (C=O) groups is 2. The first kappa shape index (κ1) is 16.9. The molecule has 110 valence electrons. The van der Waals surface area contributed by atoms with Crippen molar-refractivity contribution in [2.75, 3.05) is 0 Å². The molecule has 0 aliphatic heterocycles. The lowest BCUT2D eigenvalue weighted by atomic mass is 10.2. The normalized spacial score (nSPS) is 12.7. The number of benzene rings is 1. The molecule has 1 atom stereocenters. The summed E-state index contributed by atoms with van der Waals surface area (Å²) in [6, 6.07) is 3.07. The summed E-state index contributed by atoms with van der Waals surface area (Å²) < 4.78 is 18.6. The second-order valence-corrected chi connectivity index (χ2v) is 6.51. The van der Waals surface area contributed by atoms with Crippen LogP contribution in [0.2, 0.25) is 0 Å². The number of rotatable bonds is 3. The Hall–Kier alpha value is -1.18. The van der Waals surface area contributed by atoms with E-state index in [1.807, 2.05) is 22.6 Å². The number of nitrogens with one attached hydrogen (secondary N) is 1. The summed E-state index contributed by atoms with van der Waals surface area (Å²) >= 11 is 1.87. The SMILES string of the molecule is C[C@@H](NC(=O)c1ccc(F)cc1I)C(=O)OC(C)(C)C. The summed E-state index contributed by atoms with van der Waals surface area (Å²) in [5, 5.41) is 2.54. The summed E-state index contributed by atoms with van der Waals surface area (Å²) in [6.45, 7) is 6.80. The van der Waals surface area contributed by atoms with E-state index in [2.05, 4.69) is 5.32 Å². The number of esters is 1. The molecule has 0 saturated carbocycles. The molecule has 0 aliphatic rings. The van der Waals surface area contributed by atoms with Crippen molar-refractivity contribution in [1.82, 2.24) is 5.32 Å². The van der Waals surface area contributed by atoms with Crippen molar-refractivity contribution in [3.8, 4) is 0 Å². The average molecular weight is 393 g/mol. The van der Waals surface area contributed by atoms with E-state index in [1.54, 1.807) is 27.7 Å². The standard InChI is InChI=1S/C14H17FINO3/c1-8(13(19)20-14(2,3)4)17-12(18)10-6-5-9(15)7-11(10)16/h5-8H,1-4H3,(H,17,18)/t8-/m1/s1. The van der Waals surface area contributed by atoms with Gasteiger partial charge in [0.1, 0.15) is 17.5 Å². The lowest BCUT2D eigenvalue weighted by Crippen LogP contribution is -2.42. The van der Waals surface area contributed by atoms with Gasteiger partial charge in [-0.25, -0.2) is 9.18 Å². The summed E-state index contributed by atoms with van der Waals surface area (Å²) in [5.74, 6) is -1.36. The smallest absolute Gasteiger partial charge is 0.328 e. The van der Waals surface area contributed by atoms with E-state index in [1.165, 1.54) is 18.2 Å². The van der Waals surface area contributed by atoms with Crippen LogP contribution in [-0.4, -0.2) is 23.5 Å². The van der Waals surface area contributed by atoms with Gasteiger partial charge in [0.05, 0.1) is 5.56 Å². The predicted molar refractivity (Wildman–Crippen MR) is 81.9 cm³/mol. The van der Waals surface area contributed by atoms with Gasteiger partial charge in [-0.1, -0.05) is 0 Å². The van der Waals surface area contributed by atoms with Crippen LogP contribution in [0.3, 0.4) is 0 Å². The van der Waals surface area contributed by atoms with Crippen molar-refractivity contribution in [1.29, 1.82) is 0 Å². The first-order valence-electron chi connectivity index (χ1n) is 6.09. The van der Waals surface area contributed by atoms with Gasteiger partial charge in [-0.2, -0.15) is 0 Å². The average Bonchev–Trinajstić information content (AvgIpc) is 2.26. The van der Waals surface area contributed by atoms with Crippen LogP contribution >= 0.6 is 22.6 Å². The Balaban J connectivity index is 2.73. The van der Waals surface area contributed by atoms with Crippen molar-refractivity contribution in [3.05, 3.63) is 33.1 Å². The van der Waals surface area contributed by atoms with Crippen LogP contribution in [0.5, 0.6) is 0 Å². The van der Waals surface area contributed by atoms with E-state index >= 15 is 0 Å². The number of hydrogen-bond acceptors (Lipinski definition) is 3. The molecule has 1 amide bonds. The Labute approximate surface area is 131 Å². The molecule has 20 heavy (non-hydrogen) atoms. The molecule has 0 fully saturated rings. The lowest BCUT2D eigenvalue weighted by molar-refractivity contribution is -0.156. The minimum absolute atomic E-state index is 0.322. The molecule has 0 bridgehead atoms. The van der Waals surface area contributed by atoms with Crippen LogP contribution in [0.4, 0.5) is 4.39 Å². The maximum atomic E-state index is 13.0. The van der Waals surface area contributed by atoms with E-state index in [4.69, 9.17) is 4.74 Å². The Bertz CT molecular complexity index is 526. The summed E-state index contributed by atoms with van der Waals surface area (Å²) in [4.78, 5) is 23.8. The monoisotopic (exact) mass is 393 g/mol. The van der Waals surface area contributed by atoms with Gasteiger partial charge < -0.3 is 10.1 Å². The quantitative estimate of drug-likeness (QED) is 0.635. The van der Waals surface area contributed by atoms with Crippen molar-refractivity contribution in [2.24, 2.45) is 0 Å². The fourth-order valence-corrected chi connectivity index (χ4v) is 2.12. The van der Waals surface area contributed by atoms with Crippen molar-refractivity contribution in [3.63, 3.8) is 0 Å². The summed E-state index contributed by atoms with van der Waals surface area (Å²) in [7, 11) is 0. The van der Waals surface area contributed by atoms with Crippen LogP contribution in [0, 0.1) is 9.39 Å². The number of carbonyl (C=O) groups excluding carboxylic acids is 2. The second-order valence-electron chi connectivity index (χ2n) is 5.35. The largest absolute Gasteiger partial charge is 0.458 e. The molecule has 0 radical (unpaired) electrons. The second kappa shape index (κ2) is 6.51. The van der Waals surface area contributed by atoms with Crippen LogP contribution in [-0.2, 0) is 9.53 Å². The van der Waals surface area contributed by atoms with Gasteiger partial charge >= 0.3 is 5.97 Å². The minimum Gasteiger partial charge on any atom is -0.458 e. The molecule has 0 aromatic heterocycles. The van der Waals surface area contributed by atoms with E-state index in [9.17, 15) is 14.0 Å². The third-order valence-electron chi connectivity index (χ3n) is 2.28. The third-order valence-corrected chi connectivity index (χ3v) is 3.18. The topological polar surface area (TPSA) is 55.4 Å². The fourth-order valence-electron chi connectivity index (χ4n) is 1.40. The Morgan fingerprint density at radius 1 is 1.35 bits per heavy atom. The molecule has 0 heterocycles. The molecule has 1 N–H and O–H groups in total. The number of amides is 1. The Morgan fingerprint density at radius 2 is 1.95 bits per heavy atom. The number of hydrogen-bond donors (Lipinski definition) is 1. The van der Waals surface area contributed by atoms with E-state index in [0.717, 1.165) is 0 Å². The first-order chi connectivity index (χ1) is 9.10. The highest BCUT2D eigenvalue weighted by molar-refractivity contribution is 14.1. The van der Waals surface area contributed by atoms with E-state index < -0.39 is 29.3 Å². The van der Waals surface area contributed by atoms with Gasteiger partial charge in [-0.05, 0) is 68.5 Å². The summed E-state index contributed by atoms with van der Waals surface area (Å²) in [6.07, 6.45) is 0. The highest BCUT2D eigenvalue weighted by atomic mass is 127. The van der Waals surface area contributed by atoms with Gasteiger partial charge in [0.15, 0.2) is 0 Å². The van der Waals surface area contributed by atoms with Crippen LogP contribution in [0.1, 0.15) is 38.1 Å². The highest BCUT2D eigenvalue weighted by Crippen LogP contribution is 2.14. The Kier molecular flexibility index (Phi) is 5.50. The zero-order valence-electron chi connectivity index (χ0n) is 11.8. The molecular weight excluding hydrogens is 376 g/mol. The van der Waals surface area contributed by atoms with Crippen molar-refractivity contribution < 1.29 is 18.7 Å². The van der Waals surface area contributed by atoms with Gasteiger partial charge in [-0.15, -0.1) is 0 Å². The maximum Gasteiger partial charge on any atom is 0.328 e.